The fourth-order valence-electron chi connectivity index (χ4n) is 3.26. The number of halogens is 1. The summed E-state index contributed by atoms with van der Waals surface area (Å²) < 4.78 is 6.93. The van der Waals surface area contributed by atoms with E-state index in [2.05, 4.69) is 11.4 Å². The van der Waals surface area contributed by atoms with Crippen molar-refractivity contribution in [3.8, 4) is 0 Å². The Balaban J connectivity index is 1.53. The molecule has 2 heterocycles. The van der Waals surface area contributed by atoms with Crippen molar-refractivity contribution in [1.29, 1.82) is 0 Å². The summed E-state index contributed by atoms with van der Waals surface area (Å²) in [7, 11) is 0. The van der Waals surface area contributed by atoms with Crippen LogP contribution in [-0.2, 0) is 11.3 Å². The second-order valence-corrected chi connectivity index (χ2v) is 7.31. The molecule has 1 saturated heterocycles. The van der Waals surface area contributed by atoms with Crippen LogP contribution < -0.4 is 5.32 Å². The van der Waals surface area contributed by atoms with Crippen LogP contribution in [0.3, 0.4) is 0 Å². The average molecular weight is 286 g/mol. The molecule has 2 nitrogen and oxygen atoms in total. The molecule has 1 aliphatic carbocycles. The second-order valence-electron chi connectivity index (χ2n) is 5.52. The molecule has 0 amide bonds. The molecule has 3 rings (SSSR count). The van der Waals surface area contributed by atoms with Gasteiger partial charge in [0.1, 0.15) is 0 Å². The third-order valence-corrected chi connectivity index (χ3v) is 5.43. The minimum Gasteiger partial charge on any atom is -0.375 e. The largest absolute Gasteiger partial charge is 0.375 e. The highest BCUT2D eigenvalue weighted by molar-refractivity contribution is 7.16. The first kappa shape index (κ1) is 12.9. The van der Waals surface area contributed by atoms with Crippen molar-refractivity contribution >= 4 is 22.9 Å². The molecule has 1 saturated carbocycles. The number of ether oxygens (including phenoxy) is 1. The third kappa shape index (κ3) is 2.90. The van der Waals surface area contributed by atoms with E-state index in [0.717, 1.165) is 23.9 Å². The number of nitrogens with one attached hydrogen (secondary N) is 1. The molecule has 18 heavy (non-hydrogen) atoms. The first-order valence-corrected chi connectivity index (χ1v) is 8.07. The maximum absolute atomic E-state index is 6.05. The Morgan fingerprint density at radius 2 is 2.22 bits per heavy atom. The predicted octanol–water partition coefficient (Wildman–Crippen LogP) is 3.98. The van der Waals surface area contributed by atoms with E-state index in [1.165, 1.54) is 37.0 Å². The average Bonchev–Trinajstić information content (AvgIpc) is 2.97. The van der Waals surface area contributed by atoms with Gasteiger partial charge in [-0.1, -0.05) is 24.4 Å². The Bertz CT molecular complexity index is 400. The normalized spacial score (nSPS) is 26.8. The smallest absolute Gasteiger partial charge is 0.0931 e. The fourth-order valence-corrected chi connectivity index (χ4v) is 4.30. The van der Waals surface area contributed by atoms with Crippen LogP contribution in [0.5, 0.6) is 0 Å². The zero-order valence-electron chi connectivity index (χ0n) is 10.6. The van der Waals surface area contributed by atoms with Crippen LogP contribution in [0, 0.1) is 0 Å². The van der Waals surface area contributed by atoms with Crippen molar-refractivity contribution in [2.45, 2.75) is 56.7 Å². The predicted molar refractivity (Wildman–Crippen MR) is 76.3 cm³/mol. The summed E-state index contributed by atoms with van der Waals surface area (Å²) in [4.78, 5) is 1.33. The summed E-state index contributed by atoms with van der Waals surface area (Å²) in [6.45, 7) is 1.86. The molecule has 0 aromatic carbocycles. The van der Waals surface area contributed by atoms with Crippen molar-refractivity contribution in [2.75, 3.05) is 6.61 Å². The molecular formula is C14H20ClNOS. The monoisotopic (exact) mass is 285 g/mol. The van der Waals surface area contributed by atoms with Gasteiger partial charge in [0.15, 0.2) is 0 Å². The van der Waals surface area contributed by atoms with Crippen LogP contribution in [0.15, 0.2) is 12.1 Å². The number of hydrogen-bond acceptors (Lipinski definition) is 3. The first-order chi connectivity index (χ1) is 8.76. The lowest BCUT2D eigenvalue weighted by Crippen LogP contribution is -2.45. The lowest BCUT2D eigenvalue weighted by Gasteiger charge is -2.38. The number of hydrogen-bond donors (Lipinski definition) is 1. The zero-order chi connectivity index (χ0) is 12.4. The van der Waals surface area contributed by atoms with E-state index in [1.807, 2.05) is 6.07 Å². The molecule has 1 aliphatic heterocycles. The minimum absolute atomic E-state index is 0.211. The topological polar surface area (TPSA) is 21.3 Å². The van der Waals surface area contributed by atoms with Crippen LogP contribution in [0.4, 0.5) is 0 Å². The van der Waals surface area contributed by atoms with Gasteiger partial charge in [0.2, 0.25) is 0 Å². The molecule has 1 N–H and O–H groups in total. The lowest BCUT2D eigenvalue weighted by molar-refractivity contribution is -0.0837. The molecule has 1 aromatic rings. The Morgan fingerprint density at radius 3 is 2.94 bits per heavy atom. The van der Waals surface area contributed by atoms with E-state index in [0.29, 0.717) is 6.04 Å². The highest BCUT2D eigenvalue weighted by Crippen LogP contribution is 2.40. The second kappa shape index (κ2) is 5.49. The van der Waals surface area contributed by atoms with Gasteiger partial charge >= 0.3 is 0 Å². The van der Waals surface area contributed by atoms with Crippen LogP contribution in [0.1, 0.15) is 43.4 Å². The van der Waals surface area contributed by atoms with Gasteiger partial charge in [-0.25, -0.2) is 0 Å². The minimum atomic E-state index is 0.211. The molecule has 2 fully saturated rings. The van der Waals surface area contributed by atoms with Crippen molar-refractivity contribution in [3.05, 3.63) is 21.3 Å². The van der Waals surface area contributed by atoms with Crippen molar-refractivity contribution in [2.24, 2.45) is 0 Å². The highest BCUT2D eigenvalue weighted by atomic mass is 35.5. The van der Waals surface area contributed by atoms with Crippen LogP contribution in [0.25, 0.3) is 0 Å². The molecule has 1 unspecified atom stereocenters. The van der Waals surface area contributed by atoms with E-state index in [4.69, 9.17) is 16.3 Å². The van der Waals surface area contributed by atoms with E-state index >= 15 is 0 Å². The Labute approximate surface area is 118 Å². The van der Waals surface area contributed by atoms with Crippen molar-refractivity contribution < 1.29 is 4.74 Å². The summed E-state index contributed by atoms with van der Waals surface area (Å²) in [5.74, 6) is 0. The molecule has 100 valence electrons. The quantitative estimate of drug-likeness (QED) is 0.907. The van der Waals surface area contributed by atoms with E-state index in [9.17, 15) is 0 Å². The Kier molecular flexibility index (Phi) is 3.94. The Hall–Kier alpha value is -0.0900. The van der Waals surface area contributed by atoms with Crippen molar-refractivity contribution in [3.63, 3.8) is 0 Å². The summed E-state index contributed by atoms with van der Waals surface area (Å²) in [6, 6.07) is 4.70. The van der Waals surface area contributed by atoms with Crippen molar-refractivity contribution in [1.82, 2.24) is 5.32 Å². The molecule has 1 aromatic heterocycles. The van der Waals surface area contributed by atoms with E-state index < -0.39 is 0 Å². The first-order valence-electron chi connectivity index (χ1n) is 6.87. The summed E-state index contributed by atoms with van der Waals surface area (Å²) in [5, 5.41) is 3.67. The van der Waals surface area contributed by atoms with Crippen LogP contribution >= 0.6 is 22.9 Å². The molecular weight excluding hydrogens is 266 g/mol. The fraction of sp³-hybridized carbons (Fsp3) is 0.714. The maximum Gasteiger partial charge on any atom is 0.0931 e. The molecule has 4 heteroatoms. The van der Waals surface area contributed by atoms with Gasteiger partial charge in [-0.2, -0.15) is 0 Å². The number of thiophene rings is 1. The summed E-state index contributed by atoms with van der Waals surface area (Å²) >= 11 is 7.62. The van der Waals surface area contributed by atoms with Gasteiger partial charge in [0, 0.05) is 24.1 Å². The molecule has 1 atom stereocenters. The van der Waals surface area contributed by atoms with Crippen LogP contribution in [-0.4, -0.2) is 18.2 Å². The summed E-state index contributed by atoms with van der Waals surface area (Å²) in [6.07, 6.45) is 7.53. The van der Waals surface area contributed by atoms with Crippen LogP contribution in [0.2, 0.25) is 4.34 Å². The third-order valence-electron chi connectivity index (χ3n) is 4.20. The standard InChI is InChI=1S/C14H20ClNOS/c15-13-4-3-12(18-13)10-16-11-5-8-17-14(9-11)6-1-2-7-14/h3-4,11,16H,1-2,5-10H2. The molecule has 1 spiro atoms. The van der Waals surface area contributed by atoms with Gasteiger partial charge in [-0.15, -0.1) is 11.3 Å². The lowest BCUT2D eigenvalue weighted by atomic mass is 9.89. The zero-order valence-corrected chi connectivity index (χ0v) is 12.2. The maximum atomic E-state index is 6.05. The molecule has 0 bridgehead atoms. The summed E-state index contributed by atoms with van der Waals surface area (Å²) in [5.41, 5.74) is 0.211. The highest BCUT2D eigenvalue weighted by Gasteiger charge is 2.39. The van der Waals surface area contributed by atoms with Gasteiger partial charge in [0.05, 0.1) is 9.94 Å². The molecule has 2 aliphatic rings. The Morgan fingerprint density at radius 1 is 1.39 bits per heavy atom. The SMILES string of the molecule is Clc1ccc(CNC2CCOC3(CCCC3)C2)s1. The molecule has 0 radical (unpaired) electrons. The van der Waals surface area contributed by atoms with Gasteiger partial charge in [0.25, 0.3) is 0 Å². The van der Waals surface area contributed by atoms with Gasteiger partial charge < -0.3 is 10.1 Å². The van der Waals surface area contributed by atoms with E-state index in [1.54, 1.807) is 11.3 Å². The number of rotatable bonds is 3. The van der Waals surface area contributed by atoms with Gasteiger partial charge in [-0.05, 0) is 37.8 Å². The van der Waals surface area contributed by atoms with Gasteiger partial charge in [-0.3, -0.25) is 0 Å². The van der Waals surface area contributed by atoms with E-state index in [-0.39, 0.29) is 5.60 Å².